The highest BCUT2D eigenvalue weighted by Gasteiger charge is 2.20. The summed E-state index contributed by atoms with van der Waals surface area (Å²) < 4.78 is 11.1. The van der Waals surface area contributed by atoms with Crippen LogP contribution in [0.2, 0.25) is 0 Å². The number of ether oxygens (including phenoxy) is 2. The van der Waals surface area contributed by atoms with Gasteiger partial charge in [-0.1, -0.05) is 27.7 Å². The van der Waals surface area contributed by atoms with Crippen LogP contribution in [0.1, 0.15) is 40.5 Å². The molecular weight excluding hydrogens is 242 g/mol. The minimum absolute atomic E-state index is 0.0980. The van der Waals surface area contributed by atoms with Gasteiger partial charge in [0, 0.05) is 13.1 Å². The molecular formula is C15H29NO3. The number of morpholine rings is 1. The van der Waals surface area contributed by atoms with Gasteiger partial charge in [0.25, 0.3) is 0 Å². The fraction of sp³-hybridized carbons (Fsp3) is 0.933. The zero-order chi connectivity index (χ0) is 14.3. The van der Waals surface area contributed by atoms with E-state index in [9.17, 15) is 4.79 Å². The van der Waals surface area contributed by atoms with E-state index in [4.69, 9.17) is 9.47 Å². The van der Waals surface area contributed by atoms with Crippen LogP contribution in [0, 0.1) is 11.8 Å². The maximum Gasteiger partial charge on any atom is 0.248 e. The van der Waals surface area contributed by atoms with Gasteiger partial charge in [-0.3, -0.25) is 4.79 Å². The van der Waals surface area contributed by atoms with Crippen molar-refractivity contribution in [3.63, 3.8) is 0 Å². The van der Waals surface area contributed by atoms with Gasteiger partial charge in [-0.25, -0.2) is 0 Å². The van der Waals surface area contributed by atoms with Crippen LogP contribution in [0.25, 0.3) is 0 Å². The van der Waals surface area contributed by atoms with Gasteiger partial charge in [0.2, 0.25) is 5.91 Å². The molecule has 112 valence electrons. The summed E-state index contributed by atoms with van der Waals surface area (Å²) in [5.41, 5.74) is 0. The van der Waals surface area contributed by atoms with Crippen LogP contribution in [0.5, 0.6) is 0 Å². The monoisotopic (exact) mass is 271 g/mol. The molecule has 0 aromatic heterocycles. The van der Waals surface area contributed by atoms with Crippen LogP contribution in [0.4, 0.5) is 0 Å². The molecule has 0 aliphatic carbocycles. The molecule has 1 aliphatic heterocycles. The minimum atomic E-state index is 0.0980. The standard InChI is InChI=1S/C15H29NO3/c1-12(2)9-14(10-13(3)4)19-11-15(17)16-5-7-18-8-6-16/h12-14H,5-11H2,1-4H3. The van der Waals surface area contributed by atoms with E-state index in [2.05, 4.69) is 27.7 Å². The third-order valence-corrected chi connectivity index (χ3v) is 3.27. The van der Waals surface area contributed by atoms with E-state index in [1.807, 2.05) is 4.90 Å². The normalized spacial score (nSPS) is 16.7. The van der Waals surface area contributed by atoms with Crippen LogP contribution in [-0.2, 0) is 14.3 Å². The second kappa shape index (κ2) is 8.54. The maximum absolute atomic E-state index is 12.0. The van der Waals surface area contributed by atoms with Crippen molar-refractivity contribution in [3.8, 4) is 0 Å². The van der Waals surface area contributed by atoms with Gasteiger partial charge < -0.3 is 14.4 Å². The van der Waals surface area contributed by atoms with E-state index in [0.717, 1.165) is 12.8 Å². The molecule has 1 heterocycles. The summed E-state index contributed by atoms with van der Waals surface area (Å²) in [5, 5.41) is 0. The number of amides is 1. The average Bonchev–Trinajstić information content (AvgIpc) is 2.35. The predicted molar refractivity (Wildman–Crippen MR) is 76.0 cm³/mol. The first kappa shape index (κ1) is 16.4. The first-order valence-corrected chi connectivity index (χ1v) is 7.46. The summed E-state index contributed by atoms with van der Waals surface area (Å²) in [6.07, 6.45) is 2.24. The van der Waals surface area contributed by atoms with E-state index in [-0.39, 0.29) is 18.6 Å². The van der Waals surface area contributed by atoms with Crippen molar-refractivity contribution in [3.05, 3.63) is 0 Å². The molecule has 0 aromatic rings. The van der Waals surface area contributed by atoms with Crippen LogP contribution >= 0.6 is 0 Å². The third kappa shape index (κ3) is 6.92. The first-order chi connectivity index (χ1) is 8.99. The number of carbonyl (C=O) groups excluding carboxylic acids is 1. The minimum Gasteiger partial charge on any atom is -0.378 e. The lowest BCUT2D eigenvalue weighted by molar-refractivity contribution is -0.142. The highest BCUT2D eigenvalue weighted by atomic mass is 16.5. The molecule has 0 N–H and O–H groups in total. The number of hydrogen-bond acceptors (Lipinski definition) is 3. The molecule has 1 fully saturated rings. The van der Waals surface area contributed by atoms with Crippen LogP contribution in [-0.4, -0.2) is 49.8 Å². The van der Waals surface area contributed by atoms with Gasteiger partial charge in [-0.15, -0.1) is 0 Å². The Bertz CT molecular complexity index is 250. The van der Waals surface area contributed by atoms with Gasteiger partial charge in [-0.05, 0) is 24.7 Å². The third-order valence-electron chi connectivity index (χ3n) is 3.27. The molecule has 1 saturated heterocycles. The summed E-state index contributed by atoms with van der Waals surface area (Å²) in [5.74, 6) is 1.30. The van der Waals surface area contributed by atoms with Crippen LogP contribution in [0.15, 0.2) is 0 Å². The Morgan fingerprint density at radius 1 is 1.11 bits per heavy atom. The molecule has 4 nitrogen and oxygen atoms in total. The molecule has 19 heavy (non-hydrogen) atoms. The lowest BCUT2D eigenvalue weighted by atomic mass is 9.98. The molecule has 0 spiro atoms. The predicted octanol–water partition coefficient (Wildman–Crippen LogP) is 2.32. The molecule has 0 bridgehead atoms. The largest absolute Gasteiger partial charge is 0.378 e. The quantitative estimate of drug-likeness (QED) is 0.713. The Morgan fingerprint density at radius 3 is 2.11 bits per heavy atom. The lowest BCUT2D eigenvalue weighted by Gasteiger charge is -2.28. The van der Waals surface area contributed by atoms with Crippen molar-refractivity contribution in [2.75, 3.05) is 32.9 Å². The van der Waals surface area contributed by atoms with Gasteiger partial charge in [0.1, 0.15) is 6.61 Å². The van der Waals surface area contributed by atoms with E-state index in [1.165, 1.54) is 0 Å². The van der Waals surface area contributed by atoms with Crippen LogP contribution in [0.3, 0.4) is 0 Å². The van der Waals surface area contributed by atoms with E-state index in [1.54, 1.807) is 0 Å². The Labute approximate surface area is 117 Å². The Kier molecular flexibility index (Phi) is 7.39. The molecule has 1 amide bonds. The molecule has 0 saturated carbocycles. The average molecular weight is 271 g/mol. The molecule has 1 aliphatic rings. The number of carbonyl (C=O) groups is 1. The number of nitrogens with zero attached hydrogens (tertiary/aromatic N) is 1. The summed E-state index contributed by atoms with van der Waals surface area (Å²) in [7, 11) is 0. The van der Waals surface area contributed by atoms with Gasteiger partial charge in [0.05, 0.1) is 19.3 Å². The smallest absolute Gasteiger partial charge is 0.248 e. The molecule has 0 radical (unpaired) electrons. The Morgan fingerprint density at radius 2 is 1.63 bits per heavy atom. The van der Waals surface area contributed by atoms with Crippen molar-refractivity contribution in [2.24, 2.45) is 11.8 Å². The molecule has 0 aromatic carbocycles. The first-order valence-electron chi connectivity index (χ1n) is 7.46. The fourth-order valence-corrected chi connectivity index (χ4v) is 2.38. The van der Waals surface area contributed by atoms with E-state index < -0.39 is 0 Å². The second-order valence-corrected chi connectivity index (χ2v) is 6.19. The zero-order valence-corrected chi connectivity index (χ0v) is 12.9. The van der Waals surface area contributed by atoms with Crippen molar-refractivity contribution in [1.82, 2.24) is 4.90 Å². The fourth-order valence-electron chi connectivity index (χ4n) is 2.38. The summed E-state index contributed by atoms with van der Waals surface area (Å²) in [6, 6.07) is 0. The Hall–Kier alpha value is -0.610. The summed E-state index contributed by atoms with van der Waals surface area (Å²) in [4.78, 5) is 13.9. The Balaban J connectivity index is 2.34. The topological polar surface area (TPSA) is 38.8 Å². The van der Waals surface area contributed by atoms with Crippen molar-refractivity contribution in [2.45, 2.75) is 46.6 Å². The van der Waals surface area contributed by atoms with Crippen LogP contribution < -0.4 is 0 Å². The van der Waals surface area contributed by atoms with Gasteiger partial charge in [-0.2, -0.15) is 0 Å². The SMILES string of the molecule is CC(C)CC(CC(C)C)OCC(=O)N1CCOCC1. The maximum atomic E-state index is 12.0. The van der Waals surface area contributed by atoms with Crippen molar-refractivity contribution in [1.29, 1.82) is 0 Å². The number of hydrogen-bond donors (Lipinski definition) is 0. The lowest BCUT2D eigenvalue weighted by Crippen LogP contribution is -2.43. The summed E-state index contributed by atoms with van der Waals surface area (Å²) in [6.45, 7) is 11.7. The molecule has 0 atom stereocenters. The molecule has 0 unspecified atom stereocenters. The van der Waals surface area contributed by atoms with Gasteiger partial charge in [0.15, 0.2) is 0 Å². The second-order valence-electron chi connectivity index (χ2n) is 6.19. The zero-order valence-electron chi connectivity index (χ0n) is 12.9. The van der Waals surface area contributed by atoms with E-state index >= 15 is 0 Å². The molecule has 4 heteroatoms. The highest BCUT2D eigenvalue weighted by molar-refractivity contribution is 5.77. The highest BCUT2D eigenvalue weighted by Crippen LogP contribution is 2.16. The summed E-state index contributed by atoms with van der Waals surface area (Å²) >= 11 is 0. The van der Waals surface area contributed by atoms with Crippen molar-refractivity contribution < 1.29 is 14.3 Å². The molecule has 1 rings (SSSR count). The van der Waals surface area contributed by atoms with E-state index in [0.29, 0.717) is 38.1 Å². The van der Waals surface area contributed by atoms with Crippen molar-refractivity contribution >= 4 is 5.91 Å². The van der Waals surface area contributed by atoms with Gasteiger partial charge >= 0.3 is 0 Å². The number of rotatable bonds is 7.